The number of carbonyl (C=O) groups is 1. The molecule has 3 heterocycles. The van der Waals surface area contributed by atoms with E-state index in [1.807, 2.05) is 63.3 Å². The summed E-state index contributed by atoms with van der Waals surface area (Å²) in [6.07, 6.45) is 3.54. The first-order valence-electron chi connectivity index (χ1n) is 13.1. The summed E-state index contributed by atoms with van der Waals surface area (Å²) in [5.41, 5.74) is 2.99. The Kier molecular flexibility index (Phi) is 7.07. The first-order valence-corrected chi connectivity index (χ1v) is 13.1. The van der Waals surface area contributed by atoms with E-state index in [1.54, 1.807) is 11.8 Å². The lowest BCUT2D eigenvalue weighted by Gasteiger charge is -2.45. The van der Waals surface area contributed by atoms with Gasteiger partial charge in [0.15, 0.2) is 12.6 Å². The van der Waals surface area contributed by atoms with Crippen LogP contribution in [0.2, 0.25) is 0 Å². The minimum Gasteiger partial charge on any atom is -0.467 e. The number of methoxy groups -OCH3 is 1. The highest BCUT2D eigenvalue weighted by atomic mass is 16.7. The third-order valence-corrected chi connectivity index (χ3v) is 6.75. The smallest absolute Gasteiger partial charge is 0.410 e. The molecule has 2 aromatic carbocycles. The first-order chi connectivity index (χ1) is 18.5. The Labute approximate surface area is 228 Å². The summed E-state index contributed by atoms with van der Waals surface area (Å²) < 4.78 is 18.4. The van der Waals surface area contributed by atoms with Gasteiger partial charge in [0.25, 0.3) is 0 Å². The van der Waals surface area contributed by atoms with E-state index in [4.69, 9.17) is 24.2 Å². The SMILES string of the molecule is COCOc1cc2nn(C)cc2cc1-c1ncc2cc(N3C[C@@H](C)N(C(=O)OC(C)(C)C)[C@H](C)C3)ccc2n1. The molecule has 39 heavy (non-hydrogen) atoms. The summed E-state index contributed by atoms with van der Waals surface area (Å²) >= 11 is 0. The Bertz CT molecular complexity index is 1500. The molecule has 5 rings (SSSR count). The quantitative estimate of drug-likeness (QED) is 0.332. The van der Waals surface area contributed by atoms with Crippen molar-refractivity contribution >= 4 is 33.6 Å². The molecule has 10 nitrogen and oxygen atoms in total. The van der Waals surface area contributed by atoms with Crippen LogP contribution in [0, 0.1) is 0 Å². The van der Waals surface area contributed by atoms with Crippen molar-refractivity contribution in [2.24, 2.45) is 7.05 Å². The van der Waals surface area contributed by atoms with Gasteiger partial charge in [0.1, 0.15) is 11.4 Å². The zero-order valence-electron chi connectivity index (χ0n) is 23.6. The molecule has 1 aliphatic heterocycles. The van der Waals surface area contributed by atoms with Crippen molar-refractivity contribution in [1.29, 1.82) is 0 Å². The number of carbonyl (C=O) groups excluding carboxylic acids is 1. The maximum atomic E-state index is 12.8. The summed E-state index contributed by atoms with van der Waals surface area (Å²) in [5, 5.41) is 6.40. The lowest BCUT2D eigenvalue weighted by Crippen LogP contribution is -2.59. The topological polar surface area (TPSA) is 94.8 Å². The van der Waals surface area contributed by atoms with Crippen LogP contribution in [0.15, 0.2) is 42.7 Å². The molecule has 0 aliphatic carbocycles. The fourth-order valence-corrected chi connectivity index (χ4v) is 5.15. The Morgan fingerprint density at radius 2 is 1.79 bits per heavy atom. The molecule has 0 spiro atoms. The molecule has 0 N–H and O–H groups in total. The Hall–Kier alpha value is -3.92. The van der Waals surface area contributed by atoms with Crippen molar-refractivity contribution in [2.45, 2.75) is 52.3 Å². The van der Waals surface area contributed by atoms with Crippen LogP contribution in [0.25, 0.3) is 33.2 Å². The molecule has 2 aromatic heterocycles. The number of piperazine rings is 1. The Morgan fingerprint density at radius 3 is 2.49 bits per heavy atom. The van der Waals surface area contributed by atoms with Gasteiger partial charge in [0, 0.05) is 62.2 Å². The number of anilines is 1. The maximum absolute atomic E-state index is 12.8. The number of hydrogen-bond donors (Lipinski definition) is 0. The molecular weight excluding hydrogens is 496 g/mol. The second-order valence-electron chi connectivity index (χ2n) is 11.2. The van der Waals surface area contributed by atoms with E-state index in [-0.39, 0.29) is 25.0 Å². The van der Waals surface area contributed by atoms with E-state index in [0.717, 1.165) is 33.1 Å². The average molecular weight is 533 g/mol. The van der Waals surface area contributed by atoms with Gasteiger partial charge in [-0.15, -0.1) is 0 Å². The van der Waals surface area contributed by atoms with Gasteiger partial charge >= 0.3 is 6.09 Å². The molecule has 0 unspecified atom stereocenters. The van der Waals surface area contributed by atoms with Gasteiger partial charge in [0.05, 0.1) is 28.7 Å². The van der Waals surface area contributed by atoms with Crippen LogP contribution in [-0.4, -0.2) is 75.4 Å². The molecule has 10 heteroatoms. The number of aryl methyl sites for hydroxylation is 1. The van der Waals surface area contributed by atoms with Crippen LogP contribution < -0.4 is 9.64 Å². The molecule has 1 saturated heterocycles. The third kappa shape index (κ3) is 5.61. The normalized spacial score (nSPS) is 18.1. The summed E-state index contributed by atoms with van der Waals surface area (Å²) in [6.45, 7) is 11.3. The molecule has 1 fully saturated rings. The summed E-state index contributed by atoms with van der Waals surface area (Å²) in [7, 11) is 3.47. The summed E-state index contributed by atoms with van der Waals surface area (Å²) in [6, 6.07) is 10.1. The number of rotatable bonds is 5. The van der Waals surface area contributed by atoms with Crippen LogP contribution in [0.5, 0.6) is 5.75 Å². The molecule has 4 aromatic rings. The van der Waals surface area contributed by atoms with Crippen molar-refractivity contribution in [3.8, 4) is 17.1 Å². The molecule has 2 atom stereocenters. The van der Waals surface area contributed by atoms with Crippen molar-refractivity contribution < 1.29 is 19.0 Å². The van der Waals surface area contributed by atoms with Gasteiger partial charge in [-0.3, -0.25) is 9.58 Å². The van der Waals surface area contributed by atoms with E-state index in [1.165, 1.54) is 0 Å². The predicted molar refractivity (Wildman–Crippen MR) is 151 cm³/mol. The monoisotopic (exact) mass is 532 g/mol. The molecule has 0 saturated carbocycles. The van der Waals surface area contributed by atoms with Gasteiger partial charge in [-0.05, 0) is 58.9 Å². The van der Waals surface area contributed by atoms with E-state index in [2.05, 4.69) is 36.0 Å². The van der Waals surface area contributed by atoms with Crippen LogP contribution in [0.1, 0.15) is 34.6 Å². The highest BCUT2D eigenvalue weighted by Gasteiger charge is 2.35. The van der Waals surface area contributed by atoms with Gasteiger partial charge in [0.2, 0.25) is 0 Å². The van der Waals surface area contributed by atoms with Crippen LogP contribution in [0.3, 0.4) is 0 Å². The number of ether oxygens (including phenoxy) is 3. The fourth-order valence-electron chi connectivity index (χ4n) is 5.15. The number of fused-ring (bicyclic) bond motifs is 2. The lowest BCUT2D eigenvalue weighted by molar-refractivity contribution is 0.00566. The predicted octanol–water partition coefficient (Wildman–Crippen LogP) is 5.00. The second kappa shape index (κ2) is 10.3. The average Bonchev–Trinajstić information content (AvgIpc) is 3.23. The molecule has 1 aliphatic rings. The van der Waals surface area contributed by atoms with Gasteiger partial charge in [-0.25, -0.2) is 14.8 Å². The van der Waals surface area contributed by atoms with Crippen LogP contribution in [-0.2, 0) is 16.5 Å². The zero-order chi connectivity index (χ0) is 27.9. The summed E-state index contributed by atoms with van der Waals surface area (Å²) in [4.78, 5) is 26.5. The Balaban J connectivity index is 1.41. The third-order valence-electron chi connectivity index (χ3n) is 6.75. The van der Waals surface area contributed by atoms with Crippen molar-refractivity contribution in [3.05, 3.63) is 42.7 Å². The number of amides is 1. The molecular formula is C29H36N6O4. The van der Waals surface area contributed by atoms with E-state index >= 15 is 0 Å². The zero-order valence-corrected chi connectivity index (χ0v) is 23.6. The standard InChI is InChI=1S/C29H36N6O4/c1-18-14-34(15-19(2)35(18)28(36)39-29(3,4)5)22-8-9-24-20(10-22)13-30-27(31-24)23-11-21-16-33(6)32-25(21)12-26(23)38-17-37-7/h8-13,16,18-19H,14-15,17H2,1-7H3/t18-,19-/m1/s1. The van der Waals surface area contributed by atoms with E-state index in [0.29, 0.717) is 24.7 Å². The highest BCUT2D eigenvalue weighted by Crippen LogP contribution is 2.34. The minimum absolute atomic E-state index is 0.00541. The molecule has 0 radical (unpaired) electrons. The van der Waals surface area contributed by atoms with E-state index in [9.17, 15) is 4.79 Å². The van der Waals surface area contributed by atoms with Gasteiger partial charge in [-0.2, -0.15) is 5.10 Å². The first kappa shape index (κ1) is 26.7. The number of hydrogen-bond acceptors (Lipinski definition) is 8. The largest absolute Gasteiger partial charge is 0.467 e. The Morgan fingerprint density at radius 1 is 1.05 bits per heavy atom. The minimum atomic E-state index is -0.523. The summed E-state index contributed by atoms with van der Waals surface area (Å²) in [5.74, 6) is 1.19. The van der Waals surface area contributed by atoms with E-state index < -0.39 is 5.60 Å². The van der Waals surface area contributed by atoms with Gasteiger partial charge in [-0.1, -0.05) is 0 Å². The maximum Gasteiger partial charge on any atom is 0.410 e. The van der Waals surface area contributed by atoms with Crippen LogP contribution in [0.4, 0.5) is 10.5 Å². The fraction of sp³-hybridized carbons (Fsp3) is 0.448. The molecule has 206 valence electrons. The van der Waals surface area contributed by atoms with Crippen molar-refractivity contribution in [3.63, 3.8) is 0 Å². The number of aromatic nitrogens is 4. The van der Waals surface area contributed by atoms with Crippen LogP contribution >= 0.6 is 0 Å². The highest BCUT2D eigenvalue weighted by molar-refractivity contribution is 5.89. The number of nitrogens with zero attached hydrogens (tertiary/aromatic N) is 6. The van der Waals surface area contributed by atoms with Crippen molar-refractivity contribution in [1.82, 2.24) is 24.6 Å². The second-order valence-corrected chi connectivity index (χ2v) is 11.2. The van der Waals surface area contributed by atoms with Gasteiger partial charge < -0.3 is 19.1 Å². The molecule has 0 bridgehead atoms. The molecule has 1 amide bonds. The number of benzene rings is 2. The lowest BCUT2D eigenvalue weighted by atomic mass is 10.1. The van der Waals surface area contributed by atoms with Crippen molar-refractivity contribution in [2.75, 3.05) is 31.9 Å².